The van der Waals surface area contributed by atoms with E-state index in [1.807, 2.05) is 0 Å². The van der Waals surface area contributed by atoms with E-state index in [2.05, 4.69) is 4.74 Å². The molecule has 0 saturated heterocycles. The fourth-order valence-electron chi connectivity index (χ4n) is 1.56. The number of carbonyl (C=O) groups excluding carboxylic acids is 1. The number of fused-ring (bicyclic) bond motifs is 1. The van der Waals surface area contributed by atoms with Gasteiger partial charge in [0.1, 0.15) is 0 Å². The minimum atomic E-state index is -3.94. The number of amides is 1. The lowest BCUT2D eigenvalue weighted by Gasteiger charge is -2.26. The number of hydrogen-bond acceptors (Lipinski definition) is 6. The standard InChI is InChI=1S/C9H9NO5S2/c1-10(9(12)15-2)5-7(11)6-3-4-16-8(6)17(10,13)14/h3-5H,1-2H3/p+1. The summed E-state index contributed by atoms with van der Waals surface area (Å²) in [7, 11) is -1.69. The summed E-state index contributed by atoms with van der Waals surface area (Å²) in [5.74, 6) is -0.246. The van der Waals surface area contributed by atoms with E-state index in [1.54, 1.807) is 5.38 Å². The lowest BCUT2D eigenvalue weighted by Crippen LogP contribution is -2.50. The molecular formula is C9H10NO5S2+. The van der Waals surface area contributed by atoms with Crippen molar-refractivity contribution in [3.8, 4) is 0 Å². The third kappa shape index (κ3) is 1.41. The first-order valence-electron chi connectivity index (χ1n) is 4.54. The van der Waals surface area contributed by atoms with Gasteiger partial charge in [0.2, 0.25) is 0 Å². The van der Waals surface area contributed by atoms with Crippen molar-refractivity contribution in [2.45, 2.75) is 4.21 Å². The van der Waals surface area contributed by atoms with Gasteiger partial charge >= 0.3 is 16.1 Å². The molecule has 0 aliphatic carbocycles. The summed E-state index contributed by atoms with van der Waals surface area (Å²) in [5.41, 5.74) is 0.217. The Hall–Kier alpha value is -1.38. The molecule has 92 valence electrons. The highest BCUT2D eigenvalue weighted by atomic mass is 32.2. The fraction of sp³-hybridized carbons (Fsp3) is 0.222. The molecule has 0 aromatic carbocycles. The Kier molecular flexibility index (Phi) is 2.53. The molecule has 1 aliphatic heterocycles. The molecule has 0 radical (unpaired) electrons. The smallest absolute Gasteiger partial charge is 0.503 e. The predicted octanol–water partition coefficient (Wildman–Crippen LogP) is 1.52. The minimum absolute atomic E-state index is 0.0367. The van der Waals surface area contributed by atoms with Crippen LogP contribution in [0.4, 0.5) is 4.79 Å². The van der Waals surface area contributed by atoms with E-state index >= 15 is 0 Å². The molecule has 1 atom stereocenters. The van der Waals surface area contributed by atoms with Crippen LogP contribution in [0.1, 0.15) is 5.56 Å². The highest BCUT2D eigenvalue weighted by Gasteiger charge is 2.52. The lowest BCUT2D eigenvalue weighted by atomic mass is 10.3. The number of aliphatic hydroxyl groups excluding tert-OH is 1. The summed E-state index contributed by atoms with van der Waals surface area (Å²) in [6.07, 6.45) is -0.0217. The molecule has 1 aromatic heterocycles. The normalized spacial score (nSPS) is 25.9. The van der Waals surface area contributed by atoms with E-state index < -0.39 is 20.0 Å². The summed E-state index contributed by atoms with van der Waals surface area (Å²) in [5, 5.41) is 11.3. The number of carbonyl (C=O) groups is 1. The van der Waals surface area contributed by atoms with E-state index in [0.29, 0.717) is 0 Å². The second kappa shape index (κ2) is 3.56. The third-order valence-electron chi connectivity index (χ3n) is 2.55. The van der Waals surface area contributed by atoms with Gasteiger partial charge < -0.3 is 9.84 Å². The van der Waals surface area contributed by atoms with Crippen molar-refractivity contribution in [3.63, 3.8) is 0 Å². The predicted molar refractivity (Wildman–Crippen MR) is 60.7 cm³/mol. The summed E-state index contributed by atoms with van der Waals surface area (Å²) in [6, 6.07) is 1.49. The second-order valence-corrected chi connectivity index (χ2v) is 6.86. The minimum Gasteiger partial charge on any atom is -0.503 e. The average Bonchev–Trinajstić information content (AvgIpc) is 2.75. The lowest BCUT2D eigenvalue weighted by molar-refractivity contribution is -0.648. The van der Waals surface area contributed by atoms with Gasteiger partial charge in [-0.25, -0.2) is 0 Å². The molecule has 1 aromatic rings. The van der Waals surface area contributed by atoms with Crippen LogP contribution in [0.25, 0.3) is 5.76 Å². The molecule has 8 heteroatoms. The zero-order chi connectivity index (χ0) is 12.8. The first-order chi connectivity index (χ1) is 7.84. The molecule has 0 saturated carbocycles. The number of sulfonamides is 1. The number of ether oxygens (including phenoxy) is 1. The second-order valence-electron chi connectivity index (χ2n) is 3.57. The number of nitrogens with zero attached hydrogens (tertiary/aromatic N) is 1. The SMILES string of the molecule is COC(=O)[N+]1(C)C=C(O)c2ccsc2S1(=O)=O. The van der Waals surface area contributed by atoms with E-state index in [1.165, 1.54) is 6.07 Å². The van der Waals surface area contributed by atoms with Crippen LogP contribution in [-0.2, 0) is 14.8 Å². The van der Waals surface area contributed by atoms with Gasteiger partial charge in [0.05, 0.1) is 19.7 Å². The van der Waals surface area contributed by atoms with Crippen LogP contribution in [0.15, 0.2) is 21.9 Å². The Morgan fingerprint density at radius 3 is 2.76 bits per heavy atom. The maximum absolute atomic E-state index is 12.3. The van der Waals surface area contributed by atoms with E-state index in [-0.39, 0.29) is 15.5 Å². The zero-order valence-corrected chi connectivity index (χ0v) is 10.7. The van der Waals surface area contributed by atoms with Crippen LogP contribution in [0.3, 0.4) is 0 Å². The van der Waals surface area contributed by atoms with Gasteiger partial charge in [-0.2, -0.15) is 13.2 Å². The van der Waals surface area contributed by atoms with Crippen molar-refractivity contribution in [2.24, 2.45) is 0 Å². The maximum Gasteiger partial charge on any atom is 0.536 e. The topological polar surface area (TPSA) is 80.7 Å². The number of hydrogen-bond donors (Lipinski definition) is 1. The number of rotatable bonds is 0. The first kappa shape index (κ1) is 12.1. The molecule has 1 amide bonds. The molecule has 1 N–H and O–H groups in total. The van der Waals surface area contributed by atoms with Crippen LogP contribution >= 0.6 is 11.3 Å². The van der Waals surface area contributed by atoms with Crippen LogP contribution in [0.2, 0.25) is 0 Å². The molecule has 1 unspecified atom stereocenters. The maximum atomic E-state index is 12.3. The Morgan fingerprint density at radius 2 is 2.18 bits per heavy atom. The highest BCUT2D eigenvalue weighted by molar-refractivity contribution is 7.88. The van der Waals surface area contributed by atoms with E-state index in [0.717, 1.165) is 31.7 Å². The molecular weight excluding hydrogens is 266 g/mol. The molecule has 2 rings (SSSR count). The molecule has 2 heterocycles. The van der Waals surface area contributed by atoms with Gasteiger partial charge in [-0.05, 0) is 11.4 Å². The average molecular weight is 276 g/mol. The van der Waals surface area contributed by atoms with Gasteiger partial charge in [0, 0.05) is 0 Å². The molecule has 17 heavy (non-hydrogen) atoms. The zero-order valence-electron chi connectivity index (χ0n) is 9.08. The van der Waals surface area contributed by atoms with Crippen LogP contribution < -0.4 is 0 Å². The fourth-order valence-corrected chi connectivity index (χ4v) is 4.61. The van der Waals surface area contributed by atoms with Crippen LogP contribution in [-0.4, -0.2) is 37.7 Å². The molecule has 1 aliphatic rings. The Morgan fingerprint density at radius 1 is 1.53 bits per heavy atom. The van der Waals surface area contributed by atoms with Crippen molar-refractivity contribution in [1.82, 2.24) is 0 Å². The Balaban J connectivity index is 2.76. The monoisotopic (exact) mass is 276 g/mol. The van der Waals surface area contributed by atoms with Crippen molar-refractivity contribution in [2.75, 3.05) is 14.2 Å². The van der Waals surface area contributed by atoms with Crippen LogP contribution in [0, 0.1) is 0 Å². The third-order valence-corrected chi connectivity index (χ3v) is 6.11. The molecule has 6 nitrogen and oxygen atoms in total. The Bertz CT molecular complexity index is 615. The van der Waals surface area contributed by atoms with Crippen molar-refractivity contribution in [3.05, 3.63) is 23.2 Å². The van der Waals surface area contributed by atoms with Gasteiger partial charge in [-0.1, -0.05) is 3.89 Å². The summed E-state index contributed by atoms with van der Waals surface area (Å²) >= 11 is 0.954. The van der Waals surface area contributed by atoms with Crippen molar-refractivity contribution < 1.29 is 26.9 Å². The first-order valence-corrected chi connectivity index (χ1v) is 6.86. The molecule has 0 bridgehead atoms. The summed E-state index contributed by atoms with van der Waals surface area (Å²) in [6.45, 7) is 0. The number of aliphatic hydroxyl groups is 1. The number of thiophene rings is 1. The van der Waals surface area contributed by atoms with Gasteiger partial charge in [0.25, 0.3) is 0 Å². The summed E-state index contributed by atoms with van der Waals surface area (Å²) < 4.78 is 27.8. The number of quaternary nitrogens is 1. The highest BCUT2D eigenvalue weighted by Crippen LogP contribution is 2.39. The largest absolute Gasteiger partial charge is 0.536 e. The van der Waals surface area contributed by atoms with Gasteiger partial charge in [-0.3, -0.25) is 0 Å². The van der Waals surface area contributed by atoms with E-state index in [4.69, 9.17) is 0 Å². The van der Waals surface area contributed by atoms with Gasteiger partial charge in [0.15, 0.2) is 16.2 Å². The van der Waals surface area contributed by atoms with Crippen LogP contribution in [0.5, 0.6) is 0 Å². The molecule has 0 spiro atoms. The Labute approximate surface area is 102 Å². The number of methoxy groups -OCH3 is 1. The summed E-state index contributed by atoms with van der Waals surface area (Å²) in [4.78, 5) is 11.6. The quantitative estimate of drug-likeness (QED) is 0.727. The van der Waals surface area contributed by atoms with Crippen molar-refractivity contribution in [1.29, 1.82) is 0 Å². The van der Waals surface area contributed by atoms with E-state index in [9.17, 15) is 18.3 Å². The van der Waals surface area contributed by atoms with Gasteiger partial charge in [-0.15, -0.1) is 11.3 Å². The van der Waals surface area contributed by atoms with Crippen molar-refractivity contribution >= 4 is 33.2 Å². The molecule has 0 fully saturated rings.